The van der Waals surface area contributed by atoms with Gasteiger partial charge >= 0.3 is 0 Å². The number of ether oxygens (including phenoxy) is 1. The van der Waals surface area contributed by atoms with Crippen LogP contribution in [-0.4, -0.2) is 28.9 Å². The second-order valence-corrected chi connectivity index (χ2v) is 7.32. The minimum absolute atomic E-state index is 0.0263. The highest BCUT2D eigenvalue weighted by Gasteiger charge is 2.10. The highest BCUT2D eigenvalue weighted by atomic mass is 32.1. The van der Waals surface area contributed by atoms with Crippen molar-refractivity contribution in [2.24, 2.45) is 0 Å². The molecule has 0 saturated carbocycles. The Balaban J connectivity index is 1.65. The number of thiocarbonyl (C=S) groups is 1. The van der Waals surface area contributed by atoms with Crippen LogP contribution in [0.3, 0.4) is 0 Å². The van der Waals surface area contributed by atoms with E-state index in [1.165, 1.54) is 0 Å². The summed E-state index contributed by atoms with van der Waals surface area (Å²) in [6, 6.07) is 16.1. The zero-order valence-corrected chi connectivity index (χ0v) is 18.3. The average Bonchev–Trinajstić information content (AvgIpc) is 2.75. The molecule has 0 bridgehead atoms. The Morgan fingerprint density at radius 2 is 1.55 bits per heavy atom. The Labute approximate surface area is 186 Å². The summed E-state index contributed by atoms with van der Waals surface area (Å²) >= 11 is 5.00. The largest absolute Gasteiger partial charge is 0.491 e. The van der Waals surface area contributed by atoms with Gasteiger partial charge in [-0.2, -0.15) is 0 Å². The molecule has 0 radical (unpaired) electrons. The van der Waals surface area contributed by atoms with Crippen LogP contribution in [0.15, 0.2) is 54.6 Å². The van der Waals surface area contributed by atoms with Crippen LogP contribution in [0.25, 0.3) is 0 Å². The van der Waals surface area contributed by atoms with E-state index >= 15 is 0 Å². The van der Waals surface area contributed by atoms with Gasteiger partial charge in [0.25, 0.3) is 5.91 Å². The van der Waals surface area contributed by atoms with Gasteiger partial charge in [-0.25, -0.2) is 0 Å². The number of rotatable bonds is 8. The number of hydrazine groups is 1. The quantitative estimate of drug-likeness (QED) is 0.369. The van der Waals surface area contributed by atoms with Crippen molar-refractivity contribution >= 4 is 35.1 Å². The second-order valence-electron chi connectivity index (χ2n) is 6.91. The van der Waals surface area contributed by atoms with Gasteiger partial charge in [0, 0.05) is 24.9 Å². The topological polar surface area (TPSA) is 109 Å². The first-order valence-electron chi connectivity index (χ1n) is 9.81. The van der Waals surface area contributed by atoms with E-state index in [9.17, 15) is 14.4 Å². The molecule has 0 atom stereocenters. The summed E-state index contributed by atoms with van der Waals surface area (Å²) in [7, 11) is 0. The van der Waals surface area contributed by atoms with Crippen LogP contribution >= 0.6 is 12.2 Å². The minimum atomic E-state index is -0.429. The summed E-state index contributed by atoms with van der Waals surface area (Å²) < 4.78 is 5.53. The van der Waals surface area contributed by atoms with Gasteiger partial charge in [-0.15, -0.1) is 0 Å². The first kappa shape index (κ1) is 23.8. The molecule has 4 N–H and O–H groups in total. The molecule has 164 valence electrons. The zero-order valence-electron chi connectivity index (χ0n) is 17.4. The monoisotopic (exact) mass is 442 g/mol. The molecule has 9 heteroatoms. The molecule has 0 fully saturated rings. The third kappa shape index (κ3) is 9.26. The van der Waals surface area contributed by atoms with Crippen LogP contribution in [0.5, 0.6) is 5.75 Å². The van der Waals surface area contributed by atoms with Crippen molar-refractivity contribution in [3.05, 3.63) is 65.7 Å². The van der Waals surface area contributed by atoms with Crippen molar-refractivity contribution in [1.82, 2.24) is 21.5 Å². The summed E-state index contributed by atoms with van der Waals surface area (Å²) in [6.45, 7) is 4.23. The normalized spacial score (nSPS) is 10.2. The molecule has 2 aromatic carbocycles. The highest BCUT2D eigenvalue weighted by Crippen LogP contribution is 2.13. The number of carbonyl (C=O) groups excluding carboxylic acids is 3. The van der Waals surface area contributed by atoms with E-state index in [1.54, 1.807) is 24.3 Å². The number of nitrogens with one attached hydrogen (secondary N) is 4. The fourth-order valence-electron chi connectivity index (χ4n) is 2.46. The van der Waals surface area contributed by atoms with Gasteiger partial charge in [0.05, 0.1) is 6.10 Å². The smallest absolute Gasteiger partial charge is 0.257 e. The van der Waals surface area contributed by atoms with Gasteiger partial charge in [0.1, 0.15) is 5.75 Å². The standard InChI is InChI=1S/C22H26N4O4S/c1-15(2)30-18-10-8-17(9-11-18)21(29)24-22(31)26-25-20(28)13-12-19(27)23-14-16-6-4-3-5-7-16/h3-11,15H,12-14H2,1-2H3,(H,23,27)(H,25,28)(H2,24,26,29,31). The molecule has 0 aliphatic rings. The van der Waals surface area contributed by atoms with Crippen LogP contribution in [0.2, 0.25) is 0 Å². The summed E-state index contributed by atoms with van der Waals surface area (Å²) in [5, 5.41) is 5.15. The molecule has 0 aliphatic heterocycles. The van der Waals surface area contributed by atoms with Crippen LogP contribution in [0.1, 0.15) is 42.6 Å². The maximum absolute atomic E-state index is 12.2. The first-order chi connectivity index (χ1) is 14.8. The molecule has 31 heavy (non-hydrogen) atoms. The lowest BCUT2D eigenvalue weighted by atomic mass is 10.2. The molecule has 8 nitrogen and oxygen atoms in total. The summed E-state index contributed by atoms with van der Waals surface area (Å²) in [5.41, 5.74) is 6.17. The fourth-order valence-corrected chi connectivity index (χ4v) is 2.61. The third-order valence-electron chi connectivity index (χ3n) is 3.94. The molecule has 0 heterocycles. The van der Waals surface area contributed by atoms with E-state index in [1.807, 2.05) is 44.2 Å². The van der Waals surface area contributed by atoms with E-state index in [-0.39, 0.29) is 30.0 Å². The zero-order chi connectivity index (χ0) is 22.6. The van der Waals surface area contributed by atoms with Crippen molar-refractivity contribution in [2.45, 2.75) is 39.3 Å². The number of benzene rings is 2. The number of hydrogen-bond acceptors (Lipinski definition) is 5. The van der Waals surface area contributed by atoms with E-state index < -0.39 is 11.8 Å². The lowest BCUT2D eigenvalue weighted by molar-refractivity contribution is -0.126. The average molecular weight is 443 g/mol. The molecule has 0 aliphatic carbocycles. The fraction of sp³-hybridized carbons (Fsp3) is 0.273. The molecule has 0 aromatic heterocycles. The van der Waals surface area contributed by atoms with Crippen molar-refractivity contribution in [3.8, 4) is 5.75 Å². The summed E-state index contributed by atoms with van der Waals surface area (Å²) in [6.07, 6.45) is 0.0428. The van der Waals surface area contributed by atoms with Crippen molar-refractivity contribution in [3.63, 3.8) is 0 Å². The van der Waals surface area contributed by atoms with E-state index in [0.29, 0.717) is 17.9 Å². The predicted octanol–water partition coefficient (Wildman–Crippen LogP) is 2.21. The third-order valence-corrected chi connectivity index (χ3v) is 4.15. The Morgan fingerprint density at radius 1 is 0.903 bits per heavy atom. The van der Waals surface area contributed by atoms with Gasteiger partial charge in [-0.1, -0.05) is 30.3 Å². The Kier molecular flexibility index (Phi) is 9.44. The van der Waals surface area contributed by atoms with Crippen LogP contribution in [-0.2, 0) is 16.1 Å². The lowest BCUT2D eigenvalue weighted by Gasteiger charge is -2.12. The van der Waals surface area contributed by atoms with Gasteiger partial charge < -0.3 is 10.1 Å². The van der Waals surface area contributed by atoms with Crippen molar-refractivity contribution in [2.75, 3.05) is 0 Å². The first-order valence-corrected chi connectivity index (χ1v) is 10.2. The number of amides is 3. The van der Waals surface area contributed by atoms with Crippen molar-refractivity contribution in [1.29, 1.82) is 0 Å². The van der Waals surface area contributed by atoms with Crippen molar-refractivity contribution < 1.29 is 19.1 Å². The van der Waals surface area contributed by atoms with Gasteiger partial charge in [0.15, 0.2) is 5.11 Å². The van der Waals surface area contributed by atoms with Crippen LogP contribution in [0.4, 0.5) is 0 Å². The molecule has 3 amide bonds. The maximum Gasteiger partial charge on any atom is 0.257 e. The predicted molar refractivity (Wildman–Crippen MR) is 121 cm³/mol. The maximum atomic E-state index is 12.2. The molecule has 2 aromatic rings. The summed E-state index contributed by atoms with van der Waals surface area (Å²) in [5.74, 6) is -0.433. The van der Waals surface area contributed by atoms with E-state index in [0.717, 1.165) is 5.56 Å². The molecule has 0 saturated heterocycles. The lowest BCUT2D eigenvalue weighted by Crippen LogP contribution is -2.48. The van der Waals surface area contributed by atoms with Gasteiger partial charge in [-0.05, 0) is 55.9 Å². The van der Waals surface area contributed by atoms with Crippen LogP contribution in [0, 0.1) is 0 Å². The Bertz CT molecular complexity index is 901. The summed E-state index contributed by atoms with van der Waals surface area (Å²) in [4.78, 5) is 35.9. The number of hydrogen-bond donors (Lipinski definition) is 4. The SMILES string of the molecule is CC(C)Oc1ccc(C(=O)NC(=S)NNC(=O)CCC(=O)NCc2ccccc2)cc1. The van der Waals surface area contributed by atoms with Gasteiger partial charge in [0.2, 0.25) is 11.8 Å². The van der Waals surface area contributed by atoms with Gasteiger partial charge in [-0.3, -0.25) is 30.6 Å². The molecule has 2 rings (SSSR count). The Morgan fingerprint density at radius 3 is 2.19 bits per heavy atom. The molecular formula is C22H26N4O4S. The number of carbonyl (C=O) groups is 3. The molecule has 0 spiro atoms. The Hall–Kier alpha value is -3.46. The van der Waals surface area contributed by atoms with Crippen LogP contribution < -0.4 is 26.2 Å². The highest BCUT2D eigenvalue weighted by molar-refractivity contribution is 7.80. The minimum Gasteiger partial charge on any atom is -0.491 e. The van der Waals surface area contributed by atoms with E-state index in [4.69, 9.17) is 17.0 Å². The molecular weight excluding hydrogens is 416 g/mol. The van der Waals surface area contributed by atoms with E-state index in [2.05, 4.69) is 21.5 Å². The second kappa shape index (κ2) is 12.3. The molecule has 0 unspecified atom stereocenters.